The number of nitrogens with one attached hydrogen (secondary N) is 1. The van der Waals surface area contributed by atoms with Crippen molar-refractivity contribution in [1.29, 1.82) is 0 Å². The number of aliphatic carboxylic acids is 1. The van der Waals surface area contributed by atoms with Crippen LogP contribution in [0, 0.1) is 11.6 Å². The number of benzene rings is 1. The summed E-state index contributed by atoms with van der Waals surface area (Å²) in [5, 5.41) is 17.5. The van der Waals surface area contributed by atoms with E-state index in [2.05, 4.69) is 15.6 Å². The molecule has 0 atom stereocenters. The Bertz CT molecular complexity index is 671. The molecular weight excluding hydrogens is 274 g/mol. The van der Waals surface area contributed by atoms with Crippen LogP contribution in [-0.2, 0) is 11.3 Å². The van der Waals surface area contributed by atoms with E-state index in [0.717, 1.165) is 16.9 Å². The minimum absolute atomic E-state index is 0.213. The minimum atomic E-state index is -1.20. The number of amides is 1. The van der Waals surface area contributed by atoms with E-state index in [0.29, 0.717) is 0 Å². The molecule has 104 valence electrons. The molecule has 0 bridgehead atoms. The first-order valence-electron chi connectivity index (χ1n) is 5.34. The third-order valence-electron chi connectivity index (χ3n) is 2.27. The van der Waals surface area contributed by atoms with Crippen LogP contribution in [0.25, 0.3) is 0 Å². The third kappa shape index (κ3) is 2.94. The van der Waals surface area contributed by atoms with Crippen LogP contribution < -0.4 is 5.32 Å². The molecule has 20 heavy (non-hydrogen) atoms. The predicted molar refractivity (Wildman–Crippen MR) is 62.0 cm³/mol. The van der Waals surface area contributed by atoms with Gasteiger partial charge in [0.2, 0.25) is 0 Å². The van der Waals surface area contributed by atoms with E-state index in [4.69, 9.17) is 5.11 Å². The molecule has 7 nitrogen and oxygen atoms in total. The maximum absolute atomic E-state index is 13.3. The topological polar surface area (TPSA) is 97.1 Å². The van der Waals surface area contributed by atoms with Crippen LogP contribution in [0.4, 0.5) is 14.5 Å². The van der Waals surface area contributed by atoms with E-state index in [-0.39, 0.29) is 11.4 Å². The lowest BCUT2D eigenvalue weighted by Gasteiger charge is -2.04. The molecule has 0 fully saturated rings. The number of aromatic nitrogens is 3. The van der Waals surface area contributed by atoms with Crippen LogP contribution in [0.3, 0.4) is 0 Å². The van der Waals surface area contributed by atoms with Crippen LogP contribution in [-0.4, -0.2) is 32.0 Å². The van der Waals surface area contributed by atoms with Gasteiger partial charge >= 0.3 is 5.97 Å². The number of anilines is 1. The van der Waals surface area contributed by atoms with Gasteiger partial charge in [-0.05, 0) is 12.1 Å². The highest BCUT2D eigenvalue weighted by molar-refractivity contribution is 6.02. The van der Waals surface area contributed by atoms with Crippen molar-refractivity contribution in [2.75, 3.05) is 5.32 Å². The van der Waals surface area contributed by atoms with E-state index >= 15 is 0 Å². The molecule has 0 spiro atoms. The summed E-state index contributed by atoms with van der Waals surface area (Å²) in [5.41, 5.74) is -0.558. The number of carbonyl (C=O) groups is 2. The van der Waals surface area contributed by atoms with Crippen molar-refractivity contribution in [3.05, 3.63) is 41.7 Å². The summed E-state index contributed by atoms with van der Waals surface area (Å²) in [6.45, 7) is -0.464. The Morgan fingerprint density at radius 1 is 1.35 bits per heavy atom. The lowest BCUT2D eigenvalue weighted by atomic mass is 10.3. The highest BCUT2D eigenvalue weighted by Gasteiger charge is 2.15. The summed E-state index contributed by atoms with van der Waals surface area (Å²) in [6, 6.07) is 3.32. The van der Waals surface area contributed by atoms with Gasteiger partial charge in [0.05, 0.1) is 11.9 Å². The average molecular weight is 282 g/mol. The fourth-order valence-corrected chi connectivity index (χ4v) is 1.40. The Kier molecular flexibility index (Phi) is 3.69. The van der Waals surface area contributed by atoms with Gasteiger partial charge in [0.25, 0.3) is 5.91 Å². The van der Waals surface area contributed by atoms with E-state index in [1.165, 1.54) is 12.1 Å². The van der Waals surface area contributed by atoms with Gasteiger partial charge < -0.3 is 10.4 Å². The number of carboxylic acid groups (broad SMARTS) is 1. The molecule has 0 radical (unpaired) electrons. The summed E-state index contributed by atoms with van der Waals surface area (Å²) in [4.78, 5) is 22.2. The molecule has 0 saturated carbocycles. The Labute approximate surface area is 110 Å². The maximum Gasteiger partial charge on any atom is 0.325 e. The lowest BCUT2D eigenvalue weighted by molar-refractivity contribution is -0.137. The Hall–Kier alpha value is -2.84. The molecular formula is C11H8F2N4O3. The van der Waals surface area contributed by atoms with E-state index in [1.807, 2.05) is 0 Å². The fourth-order valence-electron chi connectivity index (χ4n) is 1.40. The monoisotopic (exact) mass is 282 g/mol. The Balaban J connectivity index is 2.14. The average Bonchev–Trinajstić information content (AvgIpc) is 2.82. The van der Waals surface area contributed by atoms with Crippen molar-refractivity contribution in [3.8, 4) is 0 Å². The van der Waals surface area contributed by atoms with Gasteiger partial charge in [-0.2, -0.15) is 0 Å². The molecule has 2 aromatic rings. The maximum atomic E-state index is 13.3. The zero-order valence-corrected chi connectivity index (χ0v) is 9.88. The van der Waals surface area contributed by atoms with E-state index < -0.39 is 30.1 Å². The van der Waals surface area contributed by atoms with Crippen molar-refractivity contribution in [1.82, 2.24) is 15.0 Å². The first-order valence-corrected chi connectivity index (χ1v) is 5.34. The number of carbonyl (C=O) groups excluding carboxylic acids is 1. The lowest BCUT2D eigenvalue weighted by Crippen LogP contribution is -2.14. The van der Waals surface area contributed by atoms with Crippen molar-refractivity contribution >= 4 is 17.6 Å². The largest absolute Gasteiger partial charge is 0.480 e. The summed E-state index contributed by atoms with van der Waals surface area (Å²) >= 11 is 0. The molecule has 0 aliphatic heterocycles. The smallest absolute Gasteiger partial charge is 0.325 e. The molecule has 2 rings (SSSR count). The van der Waals surface area contributed by atoms with Gasteiger partial charge in [-0.3, -0.25) is 9.59 Å². The predicted octanol–water partition coefficient (Wildman–Crippen LogP) is 0.893. The fraction of sp³-hybridized carbons (Fsp3) is 0.0909. The highest BCUT2D eigenvalue weighted by atomic mass is 19.2. The number of hydrogen-bond acceptors (Lipinski definition) is 4. The van der Waals surface area contributed by atoms with Gasteiger partial charge in [-0.25, -0.2) is 13.5 Å². The summed E-state index contributed by atoms with van der Waals surface area (Å²) in [5.74, 6) is -4.28. The van der Waals surface area contributed by atoms with Gasteiger partial charge in [-0.1, -0.05) is 11.3 Å². The van der Waals surface area contributed by atoms with Crippen molar-refractivity contribution < 1.29 is 23.5 Å². The molecule has 1 aromatic heterocycles. The standard InChI is InChI=1S/C11H8F2N4O3/c12-6-2-1-3-7(10(6)13)14-11(20)8-4-17(16-15-8)5-9(18)19/h1-4H,5H2,(H,14,20)(H,18,19). The van der Waals surface area contributed by atoms with Crippen LogP contribution in [0.1, 0.15) is 10.5 Å². The summed E-state index contributed by atoms with van der Waals surface area (Å²) in [6.07, 6.45) is 1.08. The van der Waals surface area contributed by atoms with Gasteiger partial charge in [0, 0.05) is 0 Å². The molecule has 1 heterocycles. The Morgan fingerprint density at radius 3 is 2.80 bits per heavy atom. The van der Waals surface area contributed by atoms with Gasteiger partial charge in [-0.15, -0.1) is 5.10 Å². The van der Waals surface area contributed by atoms with E-state index in [1.54, 1.807) is 0 Å². The molecule has 0 aliphatic rings. The highest BCUT2D eigenvalue weighted by Crippen LogP contribution is 2.17. The normalized spacial score (nSPS) is 10.3. The first-order chi connectivity index (χ1) is 9.47. The number of rotatable bonds is 4. The number of nitrogens with zero attached hydrogens (tertiary/aromatic N) is 3. The third-order valence-corrected chi connectivity index (χ3v) is 2.27. The van der Waals surface area contributed by atoms with Crippen molar-refractivity contribution in [2.45, 2.75) is 6.54 Å². The summed E-state index contributed by atoms with van der Waals surface area (Å²) < 4.78 is 27.2. The first kappa shape index (κ1) is 13.6. The quantitative estimate of drug-likeness (QED) is 0.868. The minimum Gasteiger partial charge on any atom is -0.480 e. The van der Waals surface area contributed by atoms with Crippen molar-refractivity contribution in [2.24, 2.45) is 0 Å². The van der Waals surface area contributed by atoms with Crippen LogP contribution in [0.5, 0.6) is 0 Å². The molecule has 0 aliphatic carbocycles. The zero-order chi connectivity index (χ0) is 14.7. The second kappa shape index (κ2) is 5.43. The molecule has 1 amide bonds. The summed E-state index contributed by atoms with van der Waals surface area (Å²) in [7, 11) is 0. The van der Waals surface area contributed by atoms with E-state index in [9.17, 15) is 18.4 Å². The van der Waals surface area contributed by atoms with Gasteiger partial charge in [0.15, 0.2) is 17.3 Å². The van der Waals surface area contributed by atoms with Crippen LogP contribution in [0.2, 0.25) is 0 Å². The second-order valence-corrected chi connectivity index (χ2v) is 3.75. The molecule has 0 unspecified atom stereocenters. The number of halogens is 2. The zero-order valence-electron chi connectivity index (χ0n) is 9.88. The molecule has 2 N–H and O–H groups in total. The Morgan fingerprint density at radius 2 is 2.10 bits per heavy atom. The number of hydrogen-bond donors (Lipinski definition) is 2. The van der Waals surface area contributed by atoms with Gasteiger partial charge in [0.1, 0.15) is 6.54 Å². The molecule has 1 aromatic carbocycles. The van der Waals surface area contributed by atoms with Crippen LogP contribution >= 0.6 is 0 Å². The second-order valence-electron chi connectivity index (χ2n) is 3.75. The number of carboxylic acids is 1. The van der Waals surface area contributed by atoms with Crippen molar-refractivity contribution in [3.63, 3.8) is 0 Å². The molecule has 9 heteroatoms. The van der Waals surface area contributed by atoms with Crippen LogP contribution in [0.15, 0.2) is 24.4 Å². The SMILES string of the molecule is O=C(O)Cn1cc(C(=O)Nc2cccc(F)c2F)nn1. The molecule has 0 saturated heterocycles.